The topological polar surface area (TPSA) is 108 Å². The quantitative estimate of drug-likeness (QED) is 0.601. The summed E-state index contributed by atoms with van der Waals surface area (Å²) in [4.78, 5) is 11.3. The lowest BCUT2D eigenvalue weighted by molar-refractivity contribution is -0.244. The summed E-state index contributed by atoms with van der Waals surface area (Å²) < 4.78 is 11.2. The van der Waals surface area contributed by atoms with Gasteiger partial charge in [-0.25, -0.2) is 0 Å². The number of benzene rings is 1. The monoisotopic (exact) mass is 325 g/mol. The Labute approximate surface area is 134 Å². The lowest BCUT2D eigenvalue weighted by Crippen LogP contribution is -2.65. The van der Waals surface area contributed by atoms with Crippen molar-refractivity contribution < 1.29 is 29.6 Å². The highest BCUT2D eigenvalue weighted by Crippen LogP contribution is 2.25. The van der Waals surface area contributed by atoms with Gasteiger partial charge in [0.15, 0.2) is 0 Å². The number of hydrogen-bond donors (Lipinski definition) is 4. The van der Waals surface area contributed by atoms with Gasteiger partial charge < -0.3 is 30.1 Å². The van der Waals surface area contributed by atoms with E-state index in [0.29, 0.717) is 5.75 Å². The fraction of sp³-hybridized carbons (Fsp3) is 0.562. The van der Waals surface area contributed by atoms with Crippen LogP contribution in [0.15, 0.2) is 18.2 Å². The number of aliphatic hydroxyl groups excluding tert-OH is 3. The minimum absolute atomic E-state index is 0.388. The minimum Gasteiger partial charge on any atom is -0.463 e. The summed E-state index contributed by atoms with van der Waals surface area (Å²) in [6, 6.07) is 4.50. The van der Waals surface area contributed by atoms with Crippen LogP contribution >= 0.6 is 0 Å². The Bertz CT molecular complexity index is 564. The summed E-state index contributed by atoms with van der Waals surface area (Å²) in [6.45, 7) is 4.73. The smallest absolute Gasteiger partial charge is 0.223 e. The molecule has 1 saturated heterocycles. The highest BCUT2D eigenvalue weighted by Gasteiger charge is 2.46. The van der Waals surface area contributed by atoms with E-state index in [0.717, 1.165) is 11.1 Å². The van der Waals surface area contributed by atoms with Gasteiger partial charge in [-0.2, -0.15) is 0 Å². The Balaban J connectivity index is 2.23. The van der Waals surface area contributed by atoms with Gasteiger partial charge in [0.25, 0.3) is 0 Å². The standard InChI is InChI=1S/C16H23NO6/c1-8-4-5-11(6-9(8)2)22-16-13(17-10(3)19)15(21)14(20)12(7-18)23-16/h4-6,12-16,18,20-21H,7H2,1-3H3,(H,17,19)/t12-,13+,14+,15-,16+/m1/s1. The van der Waals surface area contributed by atoms with Gasteiger partial charge >= 0.3 is 0 Å². The van der Waals surface area contributed by atoms with Crippen LogP contribution in [0.1, 0.15) is 18.1 Å². The third-order valence-corrected chi connectivity index (χ3v) is 3.98. The van der Waals surface area contributed by atoms with Crippen molar-refractivity contribution in [2.75, 3.05) is 6.61 Å². The number of nitrogens with one attached hydrogen (secondary N) is 1. The number of carbonyl (C=O) groups is 1. The molecule has 0 unspecified atom stereocenters. The molecule has 1 aliphatic heterocycles. The molecule has 1 amide bonds. The second kappa shape index (κ2) is 7.27. The maximum absolute atomic E-state index is 11.3. The summed E-state index contributed by atoms with van der Waals surface area (Å²) in [5, 5.41) is 31.9. The number of rotatable bonds is 4. The van der Waals surface area contributed by atoms with Crippen LogP contribution in [0, 0.1) is 13.8 Å². The number of aryl methyl sites for hydroxylation is 2. The third-order valence-electron chi connectivity index (χ3n) is 3.98. The number of carbonyl (C=O) groups excluding carboxylic acids is 1. The highest BCUT2D eigenvalue weighted by atomic mass is 16.7. The van der Waals surface area contributed by atoms with Crippen molar-refractivity contribution >= 4 is 5.91 Å². The first-order valence-electron chi connectivity index (χ1n) is 7.47. The number of ether oxygens (including phenoxy) is 2. The van der Waals surface area contributed by atoms with Crippen molar-refractivity contribution in [3.63, 3.8) is 0 Å². The maximum atomic E-state index is 11.3. The summed E-state index contributed by atoms with van der Waals surface area (Å²) in [7, 11) is 0. The van der Waals surface area contributed by atoms with Crippen molar-refractivity contribution in [1.82, 2.24) is 5.32 Å². The van der Waals surface area contributed by atoms with Gasteiger partial charge in [-0.15, -0.1) is 0 Å². The van der Waals surface area contributed by atoms with Crippen molar-refractivity contribution in [1.29, 1.82) is 0 Å². The second-order valence-corrected chi connectivity index (χ2v) is 5.80. The number of aliphatic hydroxyl groups is 3. The van der Waals surface area contributed by atoms with Gasteiger partial charge in [0.05, 0.1) is 6.61 Å². The maximum Gasteiger partial charge on any atom is 0.223 e. The molecule has 1 aromatic carbocycles. The first-order valence-corrected chi connectivity index (χ1v) is 7.47. The average Bonchev–Trinajstić information content (AvgIpc) is 2.50. The number of amides is 1. The summed E-state index contributed by atoms with van der Waals surface area (Å²) in [5.74, 6) is 0.120. The van der Waals surface area contributed by atoms with Crippen LogP contribution in [0.4, 0.5) is 0 Å². The molecule has 0 aromatic heterocycles. The molecule has 1 fully saturated rings. The van der Waals surface area contributed by atoms with E-state index in [1.165, 1.54) is 6.92 Å². The third kappa shape index (κ3) is 4.00. The zero-order valence-corrected chi connectivity index (χ0v) is 13.4. The normalized spacial score (nSPS) is 30.8. The second-order valence-electron chi connectivity index (χ2n) is 5.80. The van der Waals surface area contributed by atoms with Gasteiger partial charge in [0.2, 0.25) is 12.2 Å². The van der Waals surface area contributed by atoms with Crippen molar-refractivity contribution in [2.45, 2.75) is 51.4 Å². The van der Waals surface area contributed by atoms with Gasteiger partial charge in [-0.3, -0.25) is 4.79 Å². The Hall–Kier alpha value is -1.67. The summed E-state index contributed by atoms with van der Waals surface area (Å²) in [6.07, 6.45) is -4.67. The molecule has 0 spiro atoms. The Kier molecular flexibility index (Phi) is 5.59. The van der Waals surface area contributed by atoms with E-state index in [1.54, 1.807) is 6.07 Å². The highest BCUT2D eigenvalue weighted by molar-refractivity contribution is 5.73. The molecule has 128 valence electrons. The van der Waals surface area contributed by atoms with Crippen LogP contribution in [0.25, 0.3) is 0 Å². The molecule has 7 nitrogen and oxygen atoms in total. The first kappa shape index (κ1) is 17.7. The summed E-state index contributed by atoms with van der Waals surface area (Å²) >= 11 is 0. The molecule has 0 radical (unpaired) electrons. The predicted molar refractivity (Wildman–Crippen MR) is 81.9 cm³/mol. The Morgan fingerprint density at radius 1 is 1.26 bits per heavy atom. The van der Waals surface area contributed by atoms with Crippen LogP contribution in [-0.2, 0) is 9.53 Å². The molecule has 1 aromatic rings. The molecule has 0 bridgehead atoms. The van der Waals surface area contributed by atoms with Crippen molar-refractivity contribution in [2.24, 2.45) is 0 Å². The number of hydrogen-bond acceptors (Lipinski definition) is 6. The first-order chi connectivity index (χ1) is 10.8. The molecular formula is C16H23NO6. The summed E-state index contributed by atoms with van der Waals surface area (Å²) in [5.41, 5.74) is 2.12. The molecular weight excluding hydrogens is 302 g/mol. The largest absolute Gasteiger partial charge is 0.463 e. The molecule has 2 rings (SSSR count). The molecule has 1 aliphatic rings. The van der Waals surface area contributed by atoms with E-state index in [2.05, 4.69) is 5.32 Å². The van der Waals surface area contributed by atoms with Crippen LogP contribution in [0.5, 0.6) is 5.75 Å². The van der Waals surface area contributed by atoms with E-state index < -0.39 is 37.3 Å². The zero-order chi connectivity index (χ0) is 17.1. The van der Waals surface area contributed by atoms with E-state index in [4.69, 9.17) is 9.47 Å². The Morgan fingerprint density at radius 2 is 1.96 bits per heavy atom. The molecule has 0 saturated carbocycles. The van der Waals surface area contributed by atoms with Crippen LogP contribution in [0.2, 0.25) is 0 Å². The SMILES string of the molecule is CC(=O)N[C@@H]1[C@@H](Oc2ccc(C)c(C)c2)O[C@H](CO)[C@H](O)[C@@H]1O. The fourth-order valence-corrected chi connectivity index (χ4v) is 2.49. The average molecular weight is 325 g/mol. The van der Waals surface area contributed by atoms with E-state index in [1.807, 2.05) is 26.0 Å². The Morgan fingerprint density at radius 3 is 2.52 bits per heavy atom. The molecule has 5 atom stereocenters. The molecule has 1 heterocycles. The zero-order valence-electron chi connectivity index (χ0n) is 13.4. The molecule has 0 aliphatic carbocycles. The van der Waals surface area contributed by atoms with Crippen molar-refractivity contribution in [3.05, 3.63) is 29.3 Å². The van der Waals surface area contributed by atoms with E-state index >= 15 is 0 Å². The lowest BCUT2D eigenvalue weighted by atomic mass is 9.97. The van der Waals surface area contributed by atoms with E-state index in [-0.39, 0.29) is 5.91 Å². The fourth-order valence-electron chi connectivity index (χ4n) is 2.49. The van der Waals surface area contributed by atoms with Gasteiger partial charge in [0, 0.05) is 6.92 Å². The van der Waals surface area contributed by atoms with Gasteiger partial charge in [0.1, 0.15) is 30.1 Å². The molecule has 23 heavy (non-hydrogen) atoms. The van der Waals surface area contributed by atoms with Crippen molar-refractivity contribution in [3.8, 4) is 5.75 Å². The predicted octanol–water partition coefficient (Wildman–Crippen LogP) is -0.374. The lowest BCUT2D eigenvalue weighted by Gasteiger charge is -2.42. The van der Waals surface area contributed by atoms with Crippen LogP contribution in [0.3, 0.4) is 0 Å². The van der Waals surface area contributed by atoms with Crippen LogP contribution < -0.4 is 10.1 Å². The minimum atomic E-state index is -1.32. The van der Waals surface area contributed by atoms with Crippen LogP contribution in [-0.4, -0.2) is 58.5 Å². The van der Waals surface area contributed by atoms with Gasteiger partial charge in [-0.05, 0) is 37.1 Å². The molecule has 4 N–H and O–H groups in total. The molecule has 7 heteroatoms. The van der Waals surface area contributed by atoms with E-state index in [9.17, 15) is 20.1 Å². The van der Waals surface area contributed by atoms with Gasteiger partial charge in [-0.1, -0.05) is 6.07 Å².